The quantitative estimate of drug-likeness (QED) is 0.564. The molecule has 0 bridgehead atoms. The Morgan fingerprint density at radius 1 is 1.22 bits per heavy atom. The van der Waals surface area contributed by atoms with Crippen LogP contribution in [0, 0.1) is 20.8 Å². The maximum atomic E-state index is 12.3. The lowest BCUT2D eigenvalue weighted by molar-refractivity contribution is 0.0954. The third-order valence-corrected chi connectivity index (χ3v) is 3.65. The number of aromatic amines is 1. The first-order valence-corrected chi connectivity index (χ1v) is 7.55. The highest BCUT2D eigenvalue weighted by molar-refractivity contribution is 6.02. The van der Waals surface area contributed by atoms with Crippen LogP contribution < -0.4 is 10.6 Å². The highest BCUT2D eigenvalue weighted by Crippen LogP contribution is 2.18. The molecule has 0 unspecified atom stereocenters. The number of rotatable bonds is 6. The molecule has 2 rings (SSSR count). The summed E-state index contributed by atoms with van der Waals surface area (Å²) in [5, 5.41) is 6.01. The molecule has 0 saturated heterocycles. The molecular formula is C17H22N4O2. The number of ketones is 1. The molecule has 3 N–H and O–H groups in total. The molecular weight excluding hydrogens is 292 g/mol. The van der Waals surface area contributed by atoms with E-state index in [1.807, 2.05) is 19.1 Å². The van der Waals surface area contributed by atoms with Gasteiger partial charge in [-0.3, -0.25) is 9.59 Å². The van der Waals surface area contributed by atoms with Gasteiger partial charge >= 0.3 is 0 Å². The fourth-order valence-corrected chi connectivity index (χ4v) is 2.53. The summed E-state index contributed by atoms with van der Waals surface area (Å²) in [4.78, 5) is 31.0. The van der Waals surface area contributed by atoms with Crippen molar-refractivity contribution in [2.24, 2.45) is 0 Å². The number of Topliss-reactive ketones (excluding diaryl/α,β-unsaturated/α-hetero) is 1. The molecule has 0 atom stereocenters. The number of amides is 1. The molecule has 1 amide bonds. The van der Waals surface area contributed by atoms with Crippen LogP contribution in [0.3, 0.4) is 0 Å². The van der Waals surface area contributed by atoms with E-state index in [1.165, 1.54) is 6.92 Å². The smallest absolute Gasteiger partial charge is 0.253 e. The molecule has 0 spiro atoms. The molecule has 122 valence electrons. The molecule has 2 aromatic rings. The van der Waals surface area contributed by atoms with Gasteiger partial charge in [-0.1, -0.05) is 0 Å². The Kier molecular flexibility index (Phi) is 5.16. The summed E-state index contributed by atoms with van der Waals surface area (Å²) in [7, 11) is 0. The number of H-pyrrole nitrogens is 1. The topological polar surface area (TPSA) is 86.9 Å². The van der Waals surface area contributed by atoms with Crippen LogP contribution in [-0.4, -0.2) is 34.7 Å². The third kappa shape index (κ3) is 3.97. The van der Waals surface area contributed by atoms with Crippen molar-refractivity contribution in [3.05, 3.63) is 46.4 Å². The van der Waals surface area contributed by atoms with Crippen LogP contribution in [0.25, 0.3) is 0 Å². The van der Waals surface area contributed by atoms with Gasteiger partial charge in [0.15, 0.2) is 5.78 Å². The Bertz CT molecular complexity index is 734. The van der Waals surface area contributed by atoms with Gasteiger partial charge < -0.3 is 15.6 Å². The van der Waals surface area contributed by atoms with E-state index < -0.39 is 0 Å². The van der Waals surface area contributed by atoms with Gasteiger partial charge in [-0.15, -0.1) is 0 Å². The zero-order valence-electron chi connectivity index (χ0n) is 13.9. The van der Waals surface area contributed by atoms with Crippen molar-refractivity contribution in [2.45, 2.75) is 27.7 Å². The van der Waals surface area contributed by atoms with Crippen LogP contribution in [0.4, 0.5) is 5.82 Å². The maximum Gasteiger partial charge on any atom is 0.253 e. The number of carbonyl (C=O) groups is 2. The highest BCUT2D eigenvalue weighted by atomic mass is 16.1. The summed E-state index contributed by atoms with van der Waals surface area (Å²) in [6, 6.07) is 3.87. The van der Waals surface area contributed by atoms with Crippen molar-refractivity contribution in [1.82, 2.24) is 15.3 Å². The molecule has 0 aromatic carbocycles. The van der Waals surface area contributed by atoms with E-state index in [9.17, 15) is 9.59 Å². The Morgan fingerprint density at radius 2 is 1.96 bits per heavy atom. The number of aryl methyl sites for hydroxylation is 2. The Hall–Kier alpha value is -2.63. The van der Waals surface area contributed by atoms with Gasteiger partial charge in [-0.05, 0) is 44.0 Å². The molecule has 0 radical (unpaired) electrons. The molecule has 0 aliphatic heterocycles. The predicted molar refractivity (Wildman–Crippen MR) is 90.1 cm³/mol. The first-order valence-electron chi connectivity index (χ1n) is 7.55. The van der Waals surface area contributed by atoms with Gasteiger partial charge in [0.25, 0.3) is 5.91 Å². The van der Waals surface area contributed by atoms with E-state index >= 15 is 0 Å². The average Bonchev–Trinajstić information content (AvgIpc) is 2.79. The number of anilines is 1. The molecule has 6 nitrogen and oxygen atoms in total. The van der Waals surface area contributed by atoms with Crippen molar-refractivity contribution in [2.75, 3.05) is 18.4 Å². The Morgan fingerprint density at radius 3 is 2.57 bits per heavy atom. The molecule has 0 aliphatic carbocycles. The monoisotopic (exact) mass is 314 g/mol. The fourth-order valence-electron chi connectivity index (χ4n) is 2.53. The van der Waals surface area contributed by atoms with E-state index in [0.29, 0.717) is 35.6 Å². The SMILES string of the molecule is CC(=O)c1[nH]c(C)c(C(=O)NCCNc2cc(C)ccn2)c1C. The van der Waals surface area contributed by atoms with Gasteiger partial charge in [-0.25, -0.2) is 4.98 Å². The van der Waals surface area contributed by atoms with Crippen molar-refractivity contribution in [1.29, 1.82) is 0 Å². The first-order chi connectivity index (χ1) is 10.9. The molecule has 2 aromatic heterocycles. The van der Waals surface area contributed by atoms with Crippen LogP contribution in [0.15, 0.2) is 18.3 Å². The predicted octanol–water partition coefficient (Wildman–Crippen LogP) is 2.38. The van der Waals surface area contributed by atoms with Crippen LogP contribution in [-0.2, 0) is 0 Å². The number of nitrogens with one attached hydrogen (secondary N) is 3. The van der Waals surface area contributed by atoms with E-state index in [4.69, 9.17) is 0 Å². The normalized spacial score (nSPS) is 10.4. The summed E-state index contributed by atoms with van der Waals surface area (Å²) in [5.41, 5.74) is 3.57. The minimum atomic E-state index is -0.178. The number of pyridine rings is 1. The van der Waals surface area contributed by atoms with E-state index in [0.717, 1.165) is 11.4 Å². The van der Waals surface area contributed by atoms with Crippen LogP contribution in [0.5, 0.6) is 0 Å². The van der Waals surface area contributed by atoms with E-state index in [2.05, 4.69) is 20.6 Å². The second kappa shape index (κ2) is 7.09. The molecule has 0 saturated carbocycles. The highest BCUT2D eigenvalue weighted by Gasteiger charge is 2.19. The van der Waals surface area contributed by atoms with Gasteiger partial charge in [0.1, 0.15) is 5.82 Å². The minimum Gasteiger partial charge on any atom is -0.368 e. The standard InChI is InChI=1S/C17H22N4O2/c1-10-5-6-18-14(9-10)19-7-8-20-17(23)15-11(2)16(13(4)22)21-12(15)3/h5-6,9,21H,7-8H2,1-4H3,(H,18,19)(H,20,23). The summed E-state index contributed by atoms with van der Waals surface area (Å²) in [6.07, 6.45) is 1.74. The van der Waals surface area contributed by atoms with Gasteiger partial charge in [0.05, 0.1) is 11.3 Å². The van der Waals surface area contributed by atoms with Crippen molar-refractivity contribution >= 4 is 17.5 Å². The van der Waals surface area contributed by atoms with Gasteiger partial charge in [0, 0.05) is 31.9 Å². The number of nitrogens with zero attached hydrogens (tertiary/aromatic N) is 1. The summed E-state index contributed by atoms with van der Waals surface area (Å²) < 4.78 is 0. The molecule has 0 fully saturated rings. The summed E-state index contributed by atoms with van der Waals surface area (Å²) in [6.45, 7) is 8.10. The Labute approximate surface area is 135 Å². The van der Waals surface area contributed by atoms with Crippen molar-refractivity contribution < 1.29 is 9.59 Å². The largest absolute Gasteiger partial charge is 0.368 e. The second-order valence-electron chi connectivity index (χ2n) is 5.58. The lowest BCUT2D eigenvalue weighted by Crippen LogP contribution is -2.29. The lowest BCUT2D eigenvalue weighted by atomic mass is 10.1. The summed E-state index contributed by atoms with van der Waals surface area (Å²) >= 11 is 0. The average molecular weight is 314 g/mol. The molecule has 6 heteroatoms. The number of hydrogen-bond acceptors (Lipinski definition) is 4. The first kappa shape index (κ1) is 16.7. The number of aromatic nitrogens is 2. The maximum absolute atomic E-state index is 12.3. The van der Waals surface area contributed by atoms with Crippen LogP contribution in [0.1, 0.15) is 44.6 Å². The molecule has 23 heavy (non-hydrogen) atoms. The van der Waals surface area contributed by atoms with Gasteiger partial charge in [-0.2, -0.15) is 0 Å². The summed E-state index contributed by atoms with van der Waals surface area (Å²) in [5.74, 6) is 0.534. The number of carbonyl (C=O) groups excluding carboxylic acids is 2. The van der Waals surface area contributed by atoms with Crippen molar-refractivity contribution in [3.8, 4) is 0 Å². The van der Waals surface area contributed by atoms with Crippen LogP contribution in [0.2, 0.25) is 0 Å². The van der Waals surface area contributed by atoms with Crippen molar-refractivity contribution in [3.63, 3.8) is 0 Å². The minimum absolute atomic E-state index is 0.0724. The molecule has 2 heterocycles. The van der Waals surface area contributed by atoms with E-state index in [-0.39, 0.29) is 11.7 Å². The number of hydrogen-bond donors (Lipinski definition) is 3. The third-order valence-electron chi connectivity index (χ3n) is 3.65. The second-order valence-corrected chi connectivity index (χ2v) is 5.58. The zero-order valence-corrected chi connectivity index (χ0v) is 13.9. The van der Waals surface area contributed by atoms with Gasteiger partial charge in [0.2, 0.25) is 0 Å². The zero-order chi connectivity index (χ0) is 17.0. The Balaban J connectivity index is 1.92. The van der Waals surface area contributed by atoms with E-state index in [1.54, 1.807) is 20.0 Å². The van der Waals surface area contributed by atoms with Crippen LogP contribution >= 0.6 is 0 Å². The molecule has 0 aliphatic rings. The fraction of sp³-hybridized carbons (Fsp3) is 0.353. The lowest BCUT2D eigenvalue weighted by Gasteiger charge is -2.08.